The van der Waals surface area contributed by atoms with E-state index >= 15 is 0 Å². The Bertz CT molecular complexity index is 370. The summed E-state index contributed by atoms with van der Waals surface area (Å²) in [7, 11) is 0. The molecule has 0 nitrogen and oxygen atoms in total. The van der Waals surface area contributed by atoms with Crippen molar-refractivity contribution in [1.82, 2.24) is 0 Å². The lowest BCUT2D eigenvalue weighted by Gasteiger charge is -2.71. The third-order valence-electron chi connectivity index (χ3n) is 6.38. The number of hydrogen-bond donors (Lipinski definition) is 0. The van der Waals surface area contributed by atoms with Gasteiger partial charge < -0.3 is 0 Å². The summed E-state index contributed by atoms with van der Waals surface area (Å²) in [5, 5.41) is 0. The first-order chi connectivity index (χ1) is 7.43. The van der Waals surface area contributed by atoms with Crippen LogP contribution in [0.4, 0.5) is 0 Å². The van der Waals surface area contributed by atoms with Crippen molar-refractivity contribution in [2.45, 2.75) is 19.3 Å². The molecule has 0 aromatic heterocycles. The van der Waals surface area contributed by atoms with Crippen molar-refractivity contribution in [1.29, 1.82) is 0 Å². The highest BCUT2D eigenvalue weighted by Crippen LogP contribution is 2.90. The van der Waals surface area contributed by atoms with E-state index in [0.717, 1.165) is 47.3 Å². The lowest BCUT2D eigenvalue weighted by atomic mass is 9.36. The van der Waals surface area contributed by atoms with Gasteiger partial charge in [0.25, 0.3) is 0 Å². The molecule has 0 aliphatic heterocycles. The minimum atomic E-state index is 0.270. The van der Waals surface area contributed by atoms with Crippen molar-refractivity contribution in [3.05, 3.63) is 0 Å². The van der Waals surface area contributed by atoms with Crippen molar-refractivity contribution in [3.8, 4) is 0 Å². The Morgan fingerprint density at radius 3 is 1.69 bits per heavy atom. The van der Waals surface area contributed by atoms with Crippen LogP contribution in [0.1, 0.15) is 12.8 Å². The molecule has 16 heavy (non-hydrogen) atoms. The third kappa shape index (κ3) is 0.924. The second-order valence-electron chi connectivity index (χ2n) is 6.63. The normalized spacial score (nSPS) is 69.8. The van der Waals surface area contributed by atoms with Crippen molar-refractivity contribution >= 4 is 63.7 Å². The van der Waals surface area contributed by atoms with Crippen LogP contribution in [0.25, 0.3) is 0 Å². The standard InChI is InChI=1S/C12H12Br4/c13-11(14)1-3-5-4(2-11)7-8(5)6(3)9-10(7)12(9,15)16/h3-10H,1-2H2/t3-,4+,5?,6-,7-,8?,9+,10-/m1/s1. The average molecular weight is 476 g/mol. The molecule has 0 aromatic carbocycles. The first kappa shape index (κ1) is 10.7. The molecule has 0 aromatic rings. The molecule has 5 aliphatic rings. The summed E-state index contributed by atoms with van der Waals surface area (Å²) in [4.78, 5) is 0. The zero-order valence-electron chi connectivity index (χ0n) is 8.54. The largest absolute Gasteiger partial charge is 0.0874 e. The lowest BCUT2D eigenvalue weighted by Crippen LogP contribution is -2.67. The van der Waals surface area contributed by atoms with Gasteiger partial charge in [0.05, 0.1) is 6.47 Å². The van der Waals surface area contributed by atoms with E-state index < -0.39 is 0 Å². The maximum atomic E-state index is 3.93. The number of fused-ring (bicyclic) bond motifs is 5. The maximum absolute atomic E-state index is 3.93. The smallest absolute Gasteiger partial charge is 0.0727 e. The third-order valence-corrected chi connectivity index (χ3v) is 9.79. The number of alkyl halides is 4. The molecule has 88 valence electrons. The van der Waals surface area contributed by atoms with Gasteiger partial charge in [-0.05, 0) is 60.2 Å². The molecule has 0 spiro atoms. The molecular weight excluding hydrogens is 464 g/mol. The first-order valence-corrected chi connectivity index (χ1v) is 9.36. The van der Waals surface area contributed by atoms with Crippen molar-refractivity contribution in [2.24, 2.45) is 47.3 Å². The van der Waals surface area contributed by atoms with Gasteiger partial charge >= 0.3 is 0 Å². The SMILES string of the molecule is BrC1(Br)C[C@@H]2C3C4[C@@H]2[C@H]2[C@@H]([C@@H]4[C@H]3C1)C2(Br)Br. The van der Waals surface area contributed by atoms with E-state index in [-0.39, 0.29) is 3.23 Å². The van der Waals surface area contributed by atoms with Gasteiger partial charge in [0.15, 0.2) is 0 Å². The van der Waals surface area contributed by atoms with Crippen LogP contribution in [0.15, 0.2) is 0 Å². The van der Waals surface area contributed by atoms with Crippen LogP contribution in [0, 0.1) is 47.3 Å². The molecule has 0 saturated heterocycles. The summed E-state index contributed by atoms with van der Waals surface area (Å²) in [6, 6.07) is 0. The van der Waals surface area contributed by atoms with E-state index in [4.69, 9.17) is 0 Å². The summed E-state index contributed by atoms with van der Waals surface area (Å²) >= 11 is 15.6. The highest BCUT2D eigenvalue weighted by molar-refractivity contribution is 9.25. The van der Waals surface area contributed by atoms with Crippen molar-refractivity contribution < 1.29 is 0 Å². The lowest BCUT2D eigenvalue weighted by molar-refractivity contribution is -0.209. The Morgan fingerprint density at radius 1 is 0.688 bits per heavy atom. The van der Waals surface area contributed by atoms with Crippen LogP contribution in [0.3, 0.4) is 0 Å². The molecule has 5 fully saturated rings. The number of hydrogen-bond acceptors (Lipinski definition) is 0. The highest BCUT2D eigenvalue weighted by atomic mass is 79.9. The topological polar surface area (TPSA) is 0 Å². The Kier molecular flexibility index (Phi) is 1.80. The van der Waals surface area contributed by atoms with E-state index in [2.05, 4.69) is 63.7 Å². The van der Waals surface area contributed by atoms with Crippen LogP contribution in [0.5, 0.6) is 0 Å². The number of halogens is 4. The monoisotopic (exact) mass is 472 g/mol. The summed E-state index contributed by atoms with van der Waals surface area (Å²) < 4.78 is 0.609. The molecule has 0 amide bonds. The number of rotatable bonds is 0. The van der Waals surface area contributed by atoms with Crippen LogP contribution < -0.4 is 0 Å². The van der Waals surface area contributed by atoms with Crippen LogP contribution in [0.2, 0.25) is 0 Å². The summed E-state index contributed by atoms with van der Waals surface area (Å²) in [5.41, 5.74) is 0. The summed E-state index contributed by atoms with van der Waals surface area (Å²) in [6.07, 6.45) is 2.70. The second kappa shape index (κ2) is 2.69. The fourth-order valence-corrected chi connectivity index (χ4v) is 9.74. The summed E-state index contributed by atoms with van der Waals surface area (Å²) in [6.45, 7) is 0. The molecule has 0 bridgehead atoms. The molecular formula is C12H12Br4. The van der Waals surface area contributed by atoms with Gasteiger partial charge in [-0.2, -0.15) is 0 Å². The Balaban J connectivity index is 1.58. The molecule has 2 unspecified atom stereocenters. The van der Waals surface area contributed by atoms with Gasteiger partial charge in [0.2, 0.25) is 0 Å². The highest BCUT2D eigenvalue weighted by Gasteiger charge is 2.87. The Labute approximate surface area is 129 Å². The zero-order valence-corrected chi connectivity index (χ0v) is 14.9. The predicted octanol–water partition coefficient (Wildman–Crippen LogP) is 4.74. The molecule has 0 heterocycles. The molecule has 0 radical (unpaired) electrons. The van der Waals surface area contributed by atoms with E-state index in [1.165, 1.54) is 12.8 Å². The second-order valence-corrected chi connectivity index (χ2v) is 14.4. The fraction of sp³-hybridized carbons (Fsp3) is 1.00. The Hall–Kier alpha value is 1.92. The summed E-state index contributed by atoms with van der Waals surface area (Å²) in [5.74, 6) is 8.21. The molecule has 5 rings (SSSR count). The van der Waals surface area contributed by atoms with Crippen LogP contribution in [-0.2, 0) is 0 Å². The van der Waals surface area contributed by atoms with Gasteiger partial charge in [0.1, 0.15) is 0 Å². The maximum Gasteiger partial charge on any atom is 0.0874 e. The molecule has 5 saturated carbocycles. The quantitative estimate of drug-likeness (QED) is 0.444. The minimum Gasteiger partial charge on any atom is -0.0727 e. The molecule has 0 N–H and O–H groups in total. The van der Waals surface area contributed by atoms with Gasteiger partial charge in [-0.3, -0.25) is 0 Å². The van der Waals surface area contributed by atoms with Crippen LogP contribution >= 0.6 is 63.7 Å². The van der Waals surface area contributed by atoms with E-state index in [0.29, 0.717) is 3.23 Å². The Morgan fingerprint density at radius 2 is 1.19 bits per heavy atom. The van der Waals surface area contributed by atoms with E-state index in [1.54, 1.807) is 0 Å². The first-order valence-electron chi connectivity index (χ1n) is 6.19. The van der Waals surface area contributed by atoms with Crippen molar-refractivity contribution in [2.75, 3.05) is 0 Å². The fourth-order valence-electron chi connectivity index (χ4n) is 6.15. The average Bonchev–Trinajstić information content (AvgIpc) is 2.58. The van der Waals surface area contributed by atoms with Crippen molar-refractivity contribution in [3.63, 3.8) is 0 Å². The van der Waals surface area contributed by atoms with E-state index in [9.17, 15) is 0 Å². The van der Waals surface area contributed by atoms with E-state index in [1.807, 2.05) is 0 Å². The van der Waals surface area contributed by atoms with Crippen LogP contribution in [-0.4, -0.2) is 6.47 Å². The molecule has 8 atom stereocenters. The zero-order chi connectivity index (χ0) is 11.0. The molecule has 5 aliphatic carbocycles. The molecule has 4 heteroatoms. The van der Waals surface area contributed by atoms with Gasteiger partial charge in [0, 0.05) is 0 Å². The predicted molar refractivity (Wildman–Crippen MR) is 78.3 cm³/mol. The van der Waals surface area contributed by atoms with Gasteiger partial charge in [-0.15, -0.1) is 0 Å². The van der Waals surface area contributed by atoms with Gasteiger partial charge in [-0.25, -0.2) is 0 Å². The minimum absolute atomic E-state index is 0.270. The van der Waals surface area contributed by atoms with Gasteiger partial charge in [-0.1, -0.05) is 63.7 Å².